The van der Waals surface area contributed by atoms with E-state index >= 15 is 0 Å². The number of carbonyl (C=O) groups is 1. The molecule has 3 rings (SSSR count). The number of carbonyl (C=O) groups excluding carboxylic acids is 1. The fourth-order valence-corrected chi connectivity index (χ4v) is 2.91. The van der Waals surface area contributed by atoms with Gasteiger partial charge in [0.05, 0.1) is 11.8 Å². The van der Waals surface area contributed by atoms with Crippen molar-refractivity contribution in [1.29, 1.82) is 0 Å². The summed E-state index contributed by atoms with van der Waals surface area (Å²) in [6.45, 7) is 1.39. The molecule has 7 nitrogen and oxygen atoms in total. The minimum Gasteiger partial charge on any atom is -0.506 e. The Morgan fingerprint density at radius 3 is 2.73 bits per heavy atom. The quantitative estimate of drug-likeness (QED) is 0.687. The maximum Gasteiger partial charge on any atom is 0.223 e. The molecule has 2 heterocycles. The molecule has 0 aliphatic carbocycles. The SMILES string of the molecule is CC(=O)Nc1nnc(-c2c(O)cn(-c3ccccc3)c2N)s1. The lowest BCUT2D eigenvalue weighted by atomic mass is 10.3. The number of hydrogen-bond donors (Lipinski definition) is 3. The highest BCUT2D eigenvalue weighted by molar-refractivity contribution is 7.18. The van der Waals surface area contributed by atoms with Crippen LogP contribution < -0.4 is 11.1 Å². The largest absolute Gasteiger partial charge is 0.506 e. The zero-order valence-corrected chi connectivity index (χ0v) is 12.5. The number of nitrogen functional groups attached to an aromatic ring is 1. The number of nitrogens with two attached hydrogens (primary N) is 1. The lowest BCUT2D eigenvalue weighted by molar-refractivity contribution is -0.114. The lowest BCUT2D eigenvalue weighted by Gasteiger charge is -2.05. The molecule has 0 radical (unpaired) electrons. The van der Waals surface area contributed by atoms with E-state index in [-0.39, 0.29) is 11.7 Å². The van der Waals surface area contributed by atoms with Crippen LogP contribution in [0.5, 0.6) is 5.75 Å². The monoisotopic (exact) mass is 315 g/mol. The molecule has 22 heavy (non-hydrogen) atoms. The summed E-state index contributed by atoms with van der Waals surface area (Å²) in [6, 6.07) is 9.41. The molecule has 0 fully saturated rings. The van der Waals surface area contributed by atoms with Crippen LogP contribution in [0.25, 0.3) is 16.3 Å². The number of amides is 1. The van der Waals surface area contributed by atoms with Gasteiger partial charge in [0.25, 0.3) is 0 Å². The molecule has 0 unspecified atom stereocenters. The zero-order chi connectivity index (χ0) is 15.7. The average Bonchev–Trinajstić information content (AvgIpc) is 3.04. The van der Waals surface area contributed by atoms with E-state index in [4.69, 9.17) is 5.73 Å². The van der Waals surface area contributed by atoms with E-state index in [1.54, 1.807) is 4.57 Å². The number of hydrogen-bond acceptors (Lipinski definition) is 6. The Labute approximate surface area is 130 Å². The lowest BCUT2D eigenvalue weighted by Crippen LogP contribution is -2.04. The molecule has 0 aliphatic rings. The van der Waals surface area contributed by atoms with Gasteiger partial charge in [-0.2, -0.15) is 0 Å². The van der Waals surface area contributed by atoms with Crippen LogP contribution in [0.4, 0.5) is 10.9 Å². The number of anilines is 2. The van der Waals surface area contributed by atoms with Gasteiger partial charge in [-0.05, 0) is 12.1 Å². The number of nitrogens with one attached hydrogen (secondary N) is 1. The summed E-state index contributed by atoms with van der Waals surface area (Å²) in [7, 11) is 0. The second-order valence-electron chi connectivity index (χ2n) is 4.57. The molecule has 2 aromatic heterocycles. The van der Waals surface area contributed by atoms with Crippen LogP contribution >= 0.6 is 11.3 Å². The molecule has 3 aromatic rings. The minimum absolute atomic E-state index is 0.00637. The van der Waals surface area contributed by atoms with Crippen LogP contribution in [0.3, 0.4) is 0 Å². The van der Waals surface area contributed by atoms with Crippen LogP contribution in [0.15, 0.2) is 36.5 Å². The first-order valence-corrected chi connectivity index (χ1v) is 7.24. The van der Waals surface area contributed by atoms with E-state index < -0.39 is 0 Å². The summed E-state index contributed by atoms with van der Waals surface area (Å²) < 4.78 is 1.67. The van der Waals surface area contributed by atoms with Crippen molar-refractivity contribution >= 4 is 28.2 Å². The van der Waals surface area contributed by atoms with E-state index in [1.165, 1.54) is 13.1 Å². The van der Waals surface area contributed by atoms with Gasteiger partial charge in [-0.15, -0.1) is 10.2 Å². The van der Waals surface area contributed by atoms with Crippen molar-refractivity contribution < 1.29 is 9.90 Å². The smallest absolute Gasteiger partial charge is 0.223 e. The second kappa shape index (κ2) is 5.49. The number of benzene rings is 1. The van der Waals surface area contributed by atoms with E-state index in [9.17, 15) is 9.90 Å². The topological polar surface area (TPSA) is 106 Å². The molecule has 0 saturated carbocycles. The maximum atomic E-state index is 11.0. The van der Waals surface area contributed by atoms with E-state index in [2.05, 4.69) is 15.5 Å². The summed E-state index contributed by atoms with van der Waals surface area (Å²) in [6.07, 6.45) is 1.53. The van der Waals surface area contributed by atoms with Crippen LogP contribution in [-0.4, -0.2) is 25.8 Å². The molecule has 0 saturated heterocycles. The third-order valence-corrected chi connectivity index (χ3v) is 3.84. The fourth-order valence-electron chi connectivity index (χ4n) is 2.05. The first-order chi connectivity index (χ1) is 10.6. The van der Waals surface area contributed by atoms with Crippen molar-refractivity contribution in [3.63, 3.8) is 0 Å². The summed E-state index contributed by atoms with van der Waals surface area (Å²) in [5, 5.41) is 21.3. The number of para-hydroxylation sites is 1. The van der Waals surface area contributed by atoms with Crippen LogP contribution in [-0.2, 0) is 4.79 Å². The van der Waals surface area contributed by atoms with Gasteiger partial charge in [0, 0.05) is 12.6 Å². The molecular formula is C14H13N5O2S. The standard InChI is InChI=1S/C14H13N5O2S/c1-8(20)16-14-18-17-13(22-14)11-10(21)7-19(12(11)15)9-5-3-2-4-6-9/h2-7,21H,15H2,1H3,(H,16,18,20). The number of aromatic hydroxyl groups is 1. The summed E-state index contributed by atoms with van der Waals surface area (Å²) in [5.74, 6) is 0.128. The van der Waals surface area contributed by atoms with Gasteiger partial charge in [-0.1, -0.05) is 29.5 Å². The Morgan fingerprint density at radius 2 is 2.05 bits per heavy atom. The summed E-state index contributed by atoms with van der Waals surface area (Å²) >= 11 is 1.14. The predicted molar refractivity (Wildman–Crippen MR) is 85.1 cm³/mol. The van der Waals surface area contributed by atoms with Crippen molar-refractivity contribution in [3.8, 4) is 22.0 Å². The minimum atomic E-state index is -0.234. The van der Waals surface area contributed by atoms with Gasteiger partial charge in [-0.3, -0.25) is 9.36 Å². The summed E-state index contributed by atoms with van der Waals surface area (Å²) in [5.41, 5.74) is 7.36. The third kappa shape index (κ3) is 2.51. The fraction of sp³-hybridized carbons (Fsp3) is 0.0714. The summed E-state index contributed by atoms with van der Waals surface area (Å²) in [4.78, 5) is 11.0. The molecular weight excluding hydrogens is 302 g/mol. The van der Waals surface area contributed by atoms with Crippen molar-refractivity contribution in [2.45, 2.75) is 6.92 Å². The second-order valence-corrected chi connectivity index (χ2v) is 5.55. The highest BCUT2D eigenvalue weighted by Gasteiger charge is 2.20. The Bertz CT molecular complexity index is 825. The Kier molecular flexibility index (Phi) is 3.51. The molecule has 1 amide bonds. The maximum absolute atomic E-state index is 11.0. The van der Waals surface area contributed by atoms with Gasteiger partial charge in [0.2, 0.25) is 11.0 Å². The van der Waals surface area contributed by atoms with Gasteiger partial charge in [0.1, 0.15) is 11.6 Å². The van der Waals surface area contributed by atoms with Crippen LogP contribution in [0, 0.1) is 0 Å². The molecule has 4 N–H and O–H groups in total. The zero-order valence-electron chi connectivity index (χ0n) is 11.6. The molecule has 0 aliphatic heterocycles. The van der Waals surface area contributed by atoms with Crippen molar-refractivity contribution in [2.75, 3.05) is 11.1 Å². The highest BCUT2D eigenvalue weighted by Crippen LogP contribution is 2.40. The first kappa shape index (κ1) is 14.1. The highest BCUT2D eigenvalue weighted by atomic mass is 32.1. The van der Waals surface area contributed by atoms with Crippen molar-refractivity contribution in [1.82, 2.24) is 14.8 Å². The Hall–Kier alpha value is -2.87. The van der Waals surface area contributed by atoms with Crippen LogP contribution in [0.1, 0.15) is 6.92 Å². The number of rotatable bonds is 3. The van der Waals surface area contributed by atoms with Gasteiger partial charge < -0.3 is 16.2 Å². The Balaban J connectivity index is 2.03. The van der Waals surface area contributed by atoms with Crippen LogP contribution in [0.2, 0.25) is 0 Å². The van der Waals surface area contributed by atoms with E-state index in [0.717, 1.165) is 17.0 Å². The van der Waals surface area contributed by atoms with Crippen molar-refractivity contribution in [3.05, 3.63) is 36.5 Å². The van der Waals surface area contributed by atoms with E-state index in [1.807, 2.05) is 30.3 Å². The van der Waals surface area contributed by atoms with Gasteiger partial charge in [-0.25, -0.2) is 0 Å². The normalized spacial score (nSPS) is 10.6. The molecule has 0 bridgehead atoms. The predicted octanol–water partition coefficient (Wildman–Crippen LogP) is 2.24. The average molecular weight is 315 g/mol. The molecule has 1 aromatic carbocycles. The number of aromatic nitrogens is 3. The number of nitrogens with zero attached hydrogens (tertiary/aromatic N) is 3. The Morgan fingerprint density at radius 1 is 1.32 bits per heavy atom. The molecule has 112 valence electrons. The molecule has 8 heteroatoms. The first-order valence-electron chi connectivity index (χ1n) is 6.43. The van der Waals surface area contributed by atoms with Gasteiger partial charge >= 0.3 is 0 Å². The van der Waals surface area contributed by atoms with E-state index in [0.29, 0.717) is 21.5 Å². The van der Waals surface area contributed by atoms with Gasteiger partial charge in [0.15, 0.2) is 5.01 Å². The molecule has 0 atom stereocenters. The third-order valence-electron chi connectivity index (χ3n) is 2.98. The van der Waals surface area contributed by atoms with Crippen molar-refractivity contribution in [2.24, 2.45) is 0 Å². The molecule has 0 spiro atoms.